The molecule has 2 N–H and O–H groups in total. The van der Waals surface area contributed by atoms with Crippen LogP contribution >= 0.6 is 23.2 Å². The predicted molar refractivity (Wildman–Crippen MR) is 99.1 cm³/mol. The van der Waals surface area contributed by atoms with Gasteiger partial charge in [0.15, 0.2) is 5.75 Å². The number of phenols is 1. The van der Waals surface area contributed by atoms with Gasteiger partial charge in [0.25, 0.3) is 10.0 Å². The minimum Gasteiger partial charge on any atom is -0.505 e. The Morgan fingerprint density at radius 3 is 2.60 bits per heavy atom. The van der Waals surface area contributed by atoms with Crippen molar-refractivity contribution >= 4 is 49.8 Å². The van der Waals surface area contributed by atoms with Crippen molar-refractivity contribution in [2.45, 2.75) is 24.8 Å². The molecule has 0 radical (unpaired) electrons. The Kier molecular flexibility index (Phi) is 4.57. The average Bonchev–Trinajstić information content (AvgIpc) is 2.93. The quantitative estimate of drug-likeness (QED) is 0.679. The van der Waals surface area contributed by atoms with Gasteiger partial charge in [0.05, 0.1) is 16.7 Å². The molecule has 6 nitrogen and oxygen atoms in total. The number of sulfonamides is 1. The molecular weight excluding hydrogens is 385 g/mol. The van der Waals surface area contributed by atoms with Crippen LogP contribution < -0.4 is 4.72 Å². The number of hydrogen-bond donors (Lipinski definition) is 2. The van der Waals surface area contributed by atoms with E-state index in [1.54, 1.807) is 24.4 Å². The van der Waals surface area contributed by atoms with Gasteiger partial charge in [0.1, 0.15) is 4.90 Å². The van der Waals surface area contributed by atoms with E-state index in [4.69, 9.17) is 23.2 Å². The Balaban J connectivity index is 2.00. The van der Waals surface area contributed by atoms with Crippen molar-refractivity contribution in [2.24, 2.45) is 0 Å². The third-order valence-electron chi connectivity index (χ3n) is 3.62. The molecule has 0 aliphatic heterocycles. The van der Waals surface area contributed by atoms with E-state index in [-0.39, 0.29) is 21.0 Å². The maximum absolute atomic E-state index is 12.6. The molecule has 1 heterocycles. The monoisotopic (exact) mass is 399 g/mol. The number of nitrogens with zero attached hydrogens (tertiary/aromatic N) is 2. The van der Waals surface area contributed by atoms with E-state index in [1.165, 1.54) is 6.07 Å². The molecule has 2 aromatic carbocycles. The molecule has 0 saturated carbocycles. The number of rotatable bonds is 4. The molecule has 1 aromatic heterocycles. The summed E-state index contributed by atoms with van der Waals surface area (Å²) in [5.74, 6) is -0.549. The Bertz CT molecular complexity index is 1060. The molecule has 0 aliphatic carbocycles. The maximum atomic E-state index is 12.6. The number of anilines is 1. The summed E-state index contributed by atoms with van der Waals surface area (Å²) in [4.78, 5) is -0.386. The highest BCUT2D eigenvalue weighted by molar-refractivity contribution is 7.92. The molecule has 9 heteroatoms. The largest absolute Gasteiger partial charge is 0.505 e. The van der Waals surface area contributed by atoms with Crippen molar-refractivity contribution in [3.63, 3.8) is 0 Å². The second-order valence-corrected chi connectivity index (χ2v) is 8.29. The lowest BCUT2D eigenvalue weighted by molar-refractivity contribution is 0.459. The molecule has 3 rings (SSSR count). The SMILES string of the molecule is CC(C)n1ncc2cc(NS(=O)(=O)c3cc(Cl)cc(Cl)c3O)ccc21. The van der Waals surface area contributed by atoms with Gasteiger partial charge in [-0.15, -0.1) is 0 Å². The van der Waals surface area contributed by atoms with Crippen LogP contribution in [-0.2, 0) is 10.0 Å². The average molecular weight is 400 g/mol. The summed E-state index contributed by atoms with van der Waals surface area (Å²) in [5.41, 5.74) is 1.23. The van der Waals surface area contributed by atoms with Gasteiger partial charge in [-0.05, 0) is 44.2 Å². The molecular formula is C16H15Cl2N3O3S. The van der Waals surface area contributed by atoms with Crippen molar-refractivity contribution in [3.8, 4) is 5.75 Å². The van der Waals surface area contributed by atoms with Crippen LogP contribution in [0.5, 0.6) is 5.75 Å². The third-order valence-corrected chi connectivity index (χ3v) is 5.52. The lowest BCUT2D eigenvalue weighted by atomic mass is 10.2. The standard InChI is InChI=1S/C16H15Cl2N3O3S/c1-9(2)21-14-4-3-12(5-10(14)8-19-21)20-25(23,24)15-7-11(17)6-13(18)16(15)22/h3-9,20,22H,1-2H3. The van der Waals surface area contributed by atoms with Crippen molar-refractivity contribution < 1.29 is 13.5 Å². The van der Waals surface area contributed by atoms with Crippen LogP contribution in [0.2, 0.25) is 10.0 Å². The summed E-state index contributed by atoms with van der Waals surface area (Å²) in [5, 5.41) is 15.0. The van der Waals surface area contributed by atoms with E-state index < -0.39 is 15.8 Å². The van der Waals surface area contributed by atoms with Gasteiger partial charge < -0.3 is 5.11 Å². The van der Waals surface area contributed by atoms with Crippen LogP contribution in [0.15, 0.2) is 41.4 Å². The summed E-state index contributed by atoms with van der Waals surface area (Å²) < 4.78 is 29.4. The van der Waals surface area contributed by atoms with Crippen molar-refractivity contribution in [3.05, 3.63) is 46.6 Å². The Morgan fingerprint density at radius 2 is 1.92 bits per heavy atom. The van der Waals surface area contributed by atoms with E-state index in [2.05, 4.69) is 9.82 Å². The molecule has 132 valence electrons. The summed E-state index contributed by atoms with van der Waals surface area (Å²) in [6, 6.07) is 7.67. The van der Waals surface area contributed by atoms with Crippen molar-refractivity contribution in [1.82, 2.24) is 9.78 Å². The van der Waals surface area contributed by atoms with Crippen molar-refractivity contribution in [1.29, 1.82) is 0 Å². The summed E-state index contributed by atoms with van der Waals surface area (Å²) in [7, 11) is -4.06. The smallest absolute Gasteiger partial charge is 0.265 e. The first-order chi connectivity index (χ1) is 11.7. The molecule has 0 unspecified atom stereocenters. The molecule has 0 saturated heterocycles. The molecule has 0 aliphatic rings. The molecule has 0 fully saturated rings. The highest BCUT2D eigenvalue weighted by atomic mass is 35.5. The lowest BCUT2D eigenvalue weighted by Crippen LogP contribution is -2.13. The van der Waals surface area contributed by atoms with E-state index in [0.717, 1.165) is 17.0 Å². The van der Waals surface area contributed by atoms with E-state index in [9.17, 15) is 13.5 Å². The van der Waals surface area contributed by atoms with Crippen LogP contribution in [0, 0.1) is 0 Å². The minimum absolute atomic E-state index is 0.108. The first-order valence-corrected chi connectivity index (χ1v) is 9.61. The van der Waals surface area contributed by atoms with Crippen LogP contribution in [0.1, 0.15) is 19.9 Å². The number of aromatic hydroxyl groups is 1. The fourth-order valence-electron chi connectivity index (χ4n) is 2.49. The Morgan fingerprint density at radius 1 is 1.20 bits per heavy atom. The molecule has 3 aromatic rings. The zero-order valence-electron chi connectivity index (χ0n) is 13.4. The molecule has 0 atom stereocenters. The second kappa shape index (κ2) is 6.40. The van der Waals surface area contributed by atoms with Gasteiger partial charge in [0, 0.05) is 22.1 Å². The normalized spacial score (nSPS) is 12.0. The topological polar surface area (TPSA) is 84.2 Å². The first-order valence-electron chi connectivity index (χ1n) is 7.37. The van der Waals surface area contributed by atoms with E-state index in [0.29, 0.717) is 5.69 Å². The van der Waals surface area contributed by atoms with Crippen LogP contribution in [0.3, 0.4) is 0 Å². The maximum Gasteiger partial charge on any atom is 0.265 e. The van der Waals surface area contributed by atoms with Gasteiger partial charge in [-0.25, -0.2) is 8.42 Å². The first kappa shape index (κ1) is 17.8. The molecule has 0 amide bonds. The predicted octanol–water partition coefficient (Wildman–Crippen LogP) is 4.43. The number of aromatic nitrogens is 2. The lowest BCUT2D eigenvalue weighted by Gasteiger charge is -2.11. The zero-order valence-corrected chi connectivity index (χ0v) is 15.7. The fraction of sp³-hybridized carbons (Fsp3) is 0.188. The number of hydrogen-bond acceptors (Lipinski definition) is 4. The Labute approximate surface area is 155 Å². The number of halogens is 2. The Hall–Kier alpha value is -1.96. The van der Waals surface area contributed by atoms with Gasteiger partial charge >= 0.3 is 0 Å². The van der Waals surface area contributed by atoms with Gasteiger partial charge in [-0.2, -0.15) is 5.10 Å². The van der Waals surface area contributed by atoms with Crippen LogP contribution in [-0.4, -0.2) is 23.3 Å². The van der Waals surface area contributed by atoms with Crippen molar-refractivity contribution in [2.75, 3.05) is 4.72 Å². The zero-order chi connectivity index (χ0) is 18.4. The second-order valence-electron chi connectivity index (χ2n) is 5.80. The molecule has 0 bridgehead atoms. The number of fused-ring (bicyclic) bond motifs is 1. The minimum atomic E-state index is -4.06. The van der Waals surface area contributed by atoms with E-state index in [1.807, 2.05) is 18.5 Å². The van der Waals surface area contributed by atoms with Gasteiger partial charge in [0.2, 0.25) is 0 Å². The van der Waals surface area contributed by atoms with Crippen LogP contribution in [0.25, 0.3) is 10.9 Å². The highest BCUT2D eigenvalue weighted by Gasteiger charge is 2.22. The summed E-state index contributed by atoms with van der Waals surface area (Å²) in [6.07, 6.45) is 1.67. The molecule has 0 spiro atoms. The summed E-state index contributed by atoms with van der Waals surface area (Å²) >= 11 is 11.6. The number of benzene rings is 2. The highest BCUT2D eigenvalue weighted by Crippen LogP contribution is 2.35. The number of phenolic OH excluding ortho intramolecular Hbond substituents is 1. The number of nitrogens with one attached hydrogen (secondary N) is 1. The fourth-order valence-corrected chi connectivity index (χ4v) is 4.29. The third kappa shape index (κ3) is 3.40. The molecule has 25 heavy (non-hydrogen) atoms. The van der Waals surface area contributed by atoms with Gasteiger partial charge in [-0.1, -0.05) is 23.2 Å². The van der Waals surface area contributed by atoms with Crippen LogP contribution in [0.4, 0.5) is 5.69 Å². The van der Waals surface area contributed by atoms with Gasteiger partial charge in [-0.3, -0.25) is 9.40 Å². The van der Waals surface area contributed by atoms with E-state index >= 15 is 0 Å². The summed E-state index contributed by atoms with van der Waals surface area (Å²) in [6.45, 7) is 4.02.